The summed E-state index contributed by atoms with van der Waals surface area (Å²) in [7, 11) is 0. The minimum Gasteiger partial charge on any atom is -0.474 e. The molecule has 3 heteroatoms. The number of hydrogen-bond donors (Lipinski definition) is 1. The first-order chi connectivity index (χ1) is 10.3. The number of hydrogen-bond acceptors (Lipinski definition) is 3. The van der Waals surface area contributed by atoms with Crippen molar-refractivity contribution < 1.29 is 4.74 Å². The molecule has 1 aromatic carbocycles. The summed E-state index contributed by atoms with van der Waals surface area (Å²) >= 11 is 0. The first-order valence-electron chi connectivity index (χ1n) is 8.00. The predicted molar refractivity (Wildman–Crippen MR) is 88.7 cm³/mol. The molecule has 2 rings (SSSR count). The van der Waals surface area contributed by atoms with Crippen LogP contribution in [-0.4, -0.2) is 17.6 Å². The van der Waals surface area contributed by atoms with Gasteiger partial charge in [-0.3, -0.25) is 0 Å². The van der Waals surface area contributed by atoms with Crippen molar-refractivity contribution in [2.75, 3.05) is 6.54 Å². The van der Waals surface area contributed by atoms with Crippen LogP contribution >= 0.6 is 0 Å². The van der Waals surface area contributed by atoms with E-state index in [1.54, 1.807) is 0 Å². The van der Waals surface area contributed by atoms with Gasteiger partial charge in [-0.05, 0) is 43.3 Å². The van der Waals surface area contributed by atoms with Gasteiger partial charge < -0.3 is 10.1 Å². The van der Waals surface area contributed by atoms with Gasteiger partial charge in [0.15, 0.2) is 0 Å². The highest BCUT2D eigenvalue weighted by atomic mass is 16.5. The number of fused-ring (bicyclic) bond motifs is 1. The highest BCUT2D eigenvalue weighted by Gasteiger charge is 2.10. The van der Waals surface area contributed by atoms with Crippen LogP contribution in [0.2, 0.25) is 0 Å². The number of pyridine rings is 1. The lowest BCUT2D eigenvalue weighted by molar-refractivity contribution is 0.204. The SMILES string of the molecule is CCCNCc1cnc(OC(C)CCC)c2ccccc12. The fraction of sp³-hybridized carbons (Fsp3) is 0.500. The number of ether oxygens (including phenoxy) is 1. The largest absolute Gasteiger partial charge is 0.474 e. The minimum absolute atomic E-state index is 0.204. The zero-order valence-corrected chi connectivity index (χ0v) is 13.4. The van der Waals surface area contributed by atoms with Crippen molar-refractivity contribution in [1.82, 2.24) is 10.3 Å². The van der Waals surface area contributed by atoms with Crippen LogP contribution in [-0.2, 0) is 6.54 Å². The molecule has 0 bridgehead atoms. The summed E-state index contributed by atoms with van der Waals surface area (Å²) in [6.45, 7) is 8.34. The van der Waals surface area contributed by atoms with Crippen LogP contribution in [0.15, 0.2) is 30.5 Å². The van der Waals surface area contributed by atoms with Crippen molar-refractivity contribution in [1.29, 1.82) is 0 Å². The third-order valence-electron chi connectivity index (χ3n) is 3.59. The molecule has 0 fully saturated rings. The van der Waals surface area contributed by atoms with Crippen molar-refractivity contribution in [2.45, 2.75) is 52.7 Å². The van der Waals surface area contributed by atoms with Crippen molar-refractivity contribution in [3.05, 3.63) is 36.0 Å². The lowest BCUT2D eigenvalue weighted by Gasteiger charge is -2.16. The third kappa shape index (κ3) is 4.18. The molecule has 1 atom stereocenters. The summed E-state index contributed by atoms with van der Waals surface area (Å²) < 4.78 is 6.02. The van der Waals surface area contributed by atoms with E-state index in [0.717, 1.165) is 43.6 Å². The van der Waals surface area contributed by atoms with Crippen LogP contribution in [0.25, 0.3) is 10.8 Å². The topological polar surface area (TPSA) is 34.2 Å². The van der Waals surface area contributed by atoms with Gasteiger partial charge in [0.25, 0.3) is 0 Å². The van der Waals surface area contributed by atoms with Crippen LogP contribution in [0.3, 0.4) is 0 Å². The number of rotatable bonds is 8. The Bertz CT molecular complexity index is 568. The molecule has 3 nitrogen and oxygen atoms in total. The van der Waals surface area contributed by atoms with Gasteiger partial charge in [0.1, 0.15) is 0 Å². The molecule has 21 heavy (non-hydrogen) atoms. The number of benzene rings is 1. The lowest BCUT2D eigenvalue weighted by atomic mass is 10.1. The predicted octanol–water partition coefficient (Wildman–Crippen LogP) is 4.30. The summed E-state index contributed by atoms with van der Waals surface area (Å²) in [5.74, 6) is 0.755. The van der Waals surface area contributed by atoms with Crippen LogP contribution < -0.4 is 10.1 Å². The number of nitrogens with zero attached hydrogens (tertiary/aromatic N) is 1. The van der Waals surface area contributed by atoms with Crippen molar-refractivity contribution >= 4 is 10.8 Å². The van der Waals surface area contributed by atoms with E-state index in [2.05, 4.69) is 49.3 Å². The summed E-state index contributed by atoms with van der Waals surface area (Å²) in [4.78, 5) is 4.55. The molecule has 0 saturated carbocycles. The Morgan fingerprint density at radius 2 is 1.90 bits per heavy atom. The molecular weight excluding hydrogens is 260 g/mol. The Morgan fingerprint density at radius 1 is 1.14 bits per heavy atom. The fourth-order valence-corrected chi connectivity index (χ4v) is 2.52. The van der Waals surface area contributed by atoms with Gasteiger partial charge in [0.2, 0.25) is 5.88 Å². The normalized spacial score (nSPS) is 12.5. The van der Waals surface area contributed by atoms with E-state index < -0.39 is 0 Å². The number of aromatic nitrogens is 1. The molecule has 0 saturated heterocycles. The second kappa shape index (κ2) is 7.99. The van der Waals surface area contributed by atoms with Gasteiger partial charge in [-0.2, -0.15) is 0 Å². The van der Waals surface area contributed by atoms with Gasteiger partial charge in [-0.1, -0.05) is 38.5 Å². The maximum Gasteiger partial charge on any atom is 0.221 e. The molecule has 2 aromatic rings. The van der Waals surface area contributed by atoms with Crippen LogP contribution in [0, 0.1) is 0 Å². The molecule has 0 amide bonds. The molecule has 114 valence electrons. The van der Waals surface area contributed by atoms with Crippen molar-refractivity contribution in [3.63, 3.8) is 0 Å². The van der Waals surface area contributed by atoms with E-state index in [-0.39, 0.29) is 6.10 Å². The average molecular weight is 286 g/mol. The quantitative estimate of drug-likeness (QED) is 0.735. The van der Waals surface area contributed by atoms with E-state index in [0.29, 0.717) is 0 Å². The highest BCUT2D eigenvalue weighted by molar-refractivity contribution is 5.89. The van der Waals surface area contributed by atoms with E-state index >= 15 is 0 Å². The van der Waals surface area contributed by atoms with Crippen molar-refractivity contribution in [2.24, 2.45) is 0 Å². The summed E-state index contributed by atoms with van der Waals surface area (Å²) in [5.41, 5.74) is 1.23. The van der Waals surface area contributed by atoms with Crippen LogP contribution in [0.1, 0.15) is 45.6 Å². The maximum atomic E-state index is 6.02. The summed E-state index contributed by atoms with van der Waals surface area (Å²) in [6, 6.07) is 8.37. The van der Waals surface area contributed by atoms with Gasteiger partial charge in [0.05, 0.1) is 6.10 Å². The van der Waals surface area contributed by atoms with Gasteiger partial charge in [-0.15, -0.1) is 0 Å². The van der Waals surface area contributed by atoms with E-state index in [1.165, 1.54) is 10.9 Å². The summed E-state index contributed by atoms with van der Waals surface area (Å²) in [6.07, 6.45) is 5.46. The average Bonchev–Trinajstić information content (AvgIpc) is 2.50. The molecule has 1 unspecified atom stereocenters. The van der Waals surface area contributed by atoms with E-state index in [1.807, 2.05) is 12.3 Å². The molecule has 0 aliphatic carbocycles. The third-order valence-corrected chi connectivity index (χ3v) is 3.59. The molecule has 1 N–H and O–H groups in total. The molecule has 0 aliphatic heterocycles. The first kappa shape index (κ1) is 15.8. The number of nitrogens with one attached hydrogen (secondary N) is 1. The zero-order chi connectivity index (χ0) is 15.1. The fourth-order valence-electron chi connectivity index (χ4n) is 2.52. The molecular formula is C18H26N2O. The Hall–Kier alpha value is -1.61. The lowest BCUT2D eigenvalue weighted by Crippen LogP contribution is -2.15. The Morgan fingerprint density at radius 3 is 2.62 bits per heavy atom. The monoisotopic (exact) mass is 286 g/mol. The van der Waals surface area contributed by atoms with E-state index in [4.69, 9.17) is 4.74 Å². The maximum absolute atomic E-state index is 6.02. The standard InChI is InChI=1S/C18H26N2O/c1-4-8-14(3)21-18-17-10-7-6-9-16(17)15(13-20-18)12-19-11-5-2/h6-7,9-10,13-14,19H,4-5,8,11-12H2,1-3H3. The second-order valence-electron chi connectivity index (χ2n) is 5.53. The van der Waals surface area contributed by atoms with Crippen LogP contribution in [0.5, 0.6) is 5.88 Å². The molecule has 1 heterocycles. The molecule has 0 spiro atoms. The summed E-state index contributed by atoms with van der Waals surface area (Å²) in [5, 5.41) is 5.78. The minimum atomic E-state index is 0.204. The second-order valence-corrected chi connectivity index (χ2v) is 5.53. The highest BCUT2D eigenvalue weighted by Crippen LogP contribution is 2.27. The molecule has 0 radical (unpaired) electrons. The molecule has 0 aliphatic rings. The van der Waals surface area contributed by atoms with Gasteiger partial charge >= 0.3 is 0 Å². The molecule has 1 aromatic heterocycles. The van der Waals surface area contributed by atoms with E-state index in [9.17, 15) is 0 Å². The van der Waals surface area contributed by atoms with Gasteiger partial charge in [0, 0.05) is 18.1 Å². The first-order valence-corrected chi connectivity index (χ1v) is 8.00. The Kier molecular flexibility index (Phi) is 6.00. The van der Waals surface area contributed by atoms with Crippen molar-refractivity contribution in [3.8, 4) is 5.88 Å². The zero-order valence-electron chi connectivity index (χ0n) is 13.4. The Balaban J connectivity index is 2.26. The van der Waals surface area contributed by atoms with Gasteiger partial charge in [-0.25, -0.2) is 4.98 Å². The Labute approximate surface area is 127 Å². The van der Waals surface area contributed by atoms with Crippen LogP contribution in [0.4, 0.5) is 0 Å². The smallest absolute Gasteiger partial charge is 0.221 e.